The Morgan fingerprint density at radius 1 is 1.62 bits per heavy atom. The summed E-state index contributed by atoms with van der Waals surface area (Å²) in [6.07, 6.45) is 2.00. The third kappa shape index (κ3) is 3.57. The molecule has 7 heteroatoms. The minimum atomic E-state index is -0.145. The number of thiazole rings is 1. The highest BCUT2D eigenvalue weighted by Crippen LogP contribution is 2.24. The highest BCUT2D eigenvalue weighted by molar-refractivity contribution is 7.98. The first kappa shape index (κ1) is 13.1. The molecule has 0 atom stereocenters. The van der Waals surface area contributed by atoms with E-state index in [1.807, 2.05) is 13.2 Å². The molecule has 0 radical (unpaired) electrons. The molecule has 0 bridgehead atoms. The smallest absolute Gasteiger partial charge is 0.265 e. The maximum Gasteiger partial charge on any atom is 0.265 e. The second kappa shape index (κ2) is 6.59. The first-order chi connectivity index (χ1) is 7.69. The average molecular weight is 260 g/mol. The van der Waals surface area contributed by atoms with Gasteiger partial charge in [0.05, 0.1) is 0 Å². The van der Waals surface area contributed by atoms with Crippen LogP contribution < -0.4 is 16.4 Å². The number of hydrogen-bond donors (Lipinski definition) is 3. The van der Waals surface area contributed by atoms with Gasteiger partial charge in [-0.25, -0.2) is 4.98 Å². The van der Waals surface area contributed by atoms with Gasteiger partial charge in [-0.05, 0) is 13.2 Å². The van der Waals surface area contributed by atoms with Crippen molar-refractivity contribution in [3.05, 3.63) is 4.88 Å². The standard InChI is InChI=1S/C9H16N4OS2/c1-3-11-9-13-7(10)6(16-9)8(14)12-4-5-15-2/h3-5,10H2,1-2H3,(H,11,13)(H,12,14). The van der Waals surface area contributed by atoms with Crippen LogP contribution in [0.15, 0.2) is 0 Å². The van der Waals surface area contributed by atoms with Gasteiger partial charge in [0.25, 0.3) is 5.91 Å². The lowest BCUT2D eigenvalue weighted by molar-refractivity contribution is 0.0961. The Morgan fingerprint density at radius 3 is 3.00 bits per heavy atom. The van der Waals surface area contributed by atoms with Gasteiger partial charge in [0, 0.05) is 18.8 Å². The van der Waals surface area contributed by atoms with E-state index in [0.29, 0.717) is 22.4 Å². The van der Waals surface area contributed by atoms with Crippen LogP contribution >= 0.6 is 23.1 Å². The van der Waals surface area contributed by atoms with Crippen molar-refractivity contribution in [2.75, 3.05) is 36.1 Å². The molecule has 5 nitrogen and oxygen atoms in total. The molecule has 0 aliphatic heterocycles. The van der Waals surface area contributed by atoms with Crippen molar-refractivity contribution in [2.45, 2.75) is 6.92 Å². The number of rotatable bonds is 6. The van der Waals surface area contributed by atoms with Gasteiger partial charge in [0.2, 0.25) is 0 Å². The van der Waals surface area contributed by atoms with Crippen molar-refractivity contribution in [2.24, 2.45) is 0 Å². The van der Waals surface area contributed by atoms with Crippen molar-refractivity contribution in [1.82, 2.24) is 10.3 Å². The topological polar surface area (TPSA) is 80.0 Å². The Balaban J connectivity index is 2.60. The van der Waals surface area contributed by atoms with E-state index in [4.69, 9.17) is 5.73 Å². The molecule has 0 aromatic carbocycles. The number of anilines is 2. The number of thioether (sulfide) groups is 1. The van der Waals surface area contributed by atoms with Crippen LogP contribution in [0.3, 0.4) is 0 Å². The number of hydrogen-bond acceptors (Lipinski definition) is 6. The van der Waals surface area contributed by atoms with E-state index in [0.717, 1.165) is 12.3 Å². The molecular weight excluding hydrogens is 244 g/mol. The van der Waals surface area contributed by atoms with Gasteiger partial charge in [0.15, 0.2) is 5.13 Å². The van der Waals surface area contributed by atoms with E-state index in [2.05, 4.69) is 15.6 Å². The summed E-state index contributed by atoms with van der Waals surface area (Å²) < 4.78 is 0. The third-order valence-electron chi connectivity index (χ3n) is 1.78. The summed E-state index contributed by atoms with van der Waals surface area (Å²) in [7, 11) is 0. The predicted molar refractivity (Wildman–Crippen MR) is 71.4 cm³/mol. The average Bonchev–Trinajstić information content (AvgIpc) is 2.60. The molecular formula is C9H16N4OS2. The number of aromatic nitrogens is 1. The van der Waals surface area contributed by atoms with Crippen LogP contribution in [0.4, 0.5) is 10.9 Å². The van der Waals surface area contributed by atoms with Gasteiger partial charge in [-0.1, -0.05) is 11.3 Å². The van der Waals surface area contributed by atoms with Gasteiger partial charge in [-0.3, -0.25) is 4.79 Å². The van der Waals surface area contributed by atoms with Crippen LogP contribution in [0.1, 0.15) is 16.6 Å². The summed E-state index contributed by atoms with van der Waals surface area (Å²) in [6.45, 7) is 3.38. The second-order valence-corrected chi connectivity index (χ2v) is 5.00. The quantitative estimate of drug-likeness (QED) is 0.671. The van der Waals surface area contributed by atoms with E-state index in [1.165, 1.54) is 11.3 Å². The highest BCUT2D eigenvalue weighted by Gasteiger charge is 2.15. The van der Waals surface area contributed by atoms with Crippen LogP contribution in [0, 0.1) is 0 Å². The molecule has 0 aliphatic rings. The predicted octanol–water partition coefficient (Wildman–Crippen LogP) is 1.25. The number of carbonyl (C=O) groups excluding carboxylic acids is 1. The number of nitrogens with one attached hydrogen (secondary N) is 2. The molecule has 1 heterocycles. The first-order valence-electron chi connectivity index (χ1n) is 4.96. The fourth-order valence-electron chi connectivity index (χ4n) is 1.07. The van der Waals surface area contributed by atoms with Crippen molar-refractivity contribution < 1.29 is 4.79 Å². The summed E-state index contributed by atoms with van der Waals surface area (Å²) in [6, 6.07) is 0. The molecule has 0 saturated carbocycles. The number of amides is 1. The van der Waals surface area contributed by atoms with Gasteiger partial charge in [0.1, 0.15) is 10.7 Å². The van der Waals surface area contributed by atoms with Crippen molar-refractivity contribution in [1.29, 1.82) is 0 Å². The van der Waals surface area contributed by atoms with Gasteiger partial charge < -0.3 is 16.4 Å². The normalized spacial score (nSPS) is 10.1. The van der Waals surface area contributed by atoms with Crippen molar-refractivity contribution in [3.63, 3.8) is 0 Å². The summed E-state index contributed by atoms with van der Waals surface area (Å²) in [5.74, 6) is 1.04. The zero-order valence-corrected chi connectivity index (χ0v) is 11.0. The lowest BCUT2D eigenvalue weighted by atomic mass is 10.4. The molecule has 16 heavy (non-hydrogen) atoms. The molecule has 0 saturated heterocycles. The monoisotopic (exact) mass is 260 g/mol. The molecule has 4 N–H and O–H groups in total. The maximum atomic E-state index is 11.7. The number of nitrogens with zero attached hydrogens (tertiary/aromatic N) is 1. The van der Waals surface area contributed by atoms with Crippen LogP contribution in [0.2, 0.25) is 0 Å². The molecule has 0 aliphatic carbocycles. The SMILES string of the molecule is CCNc1nc(N)c(C(=O)NCCSC)s1. The molecule has 0 fully saturated rings. The van der Waals surface area contributed by atoms with Crippen molar-refractivity contribution >= 4 is 40.0 Å². The second-order valence-electron chi connectivity index (χ2n) is 3.01. The molecule has 1 amide bonds. The summed E-state index contributed by atoms with van der Waals surface area (Å²) >= 11 is 2.97. The Morgan fingerprint density at radius 2 is 2.38 bits per heavy atom. The third-order valence-corrected chi connectivity index (χ3v) is 3.42. The van der Waals surface area contributed by atoms with Crippen molar-refractivity contribution in [3.8, 4) is 0 Å². The number of carbonyl (C=O) groups is 1. The molecule has 1 aromatic heterocycles. The largest absolute Gasteiger partial charge is 0.382 e. The van der Waals surface area contributed by atoms with E-state index >= 15 is 0 Å². The summed E-state index contributed by atoms with van der Waals surface area (Å²) in [4.78, 5) is 16.3. The van der Waals surface area contributed by atoms with E-state index in [1.54, 1.807) is 11.8 Å². The van der Waals surface area contributed by atoms with Gasteiger partial charge in [-0.15, -0.1) is 0 Å². The van der Waals surface area contributed by atoms with Crippen LogP contribution in [-0.4, -0.2) is 36.0 Å². The molecule has 90 valence electrons. The minimum absolute atomic E-state index is 0.145. The zero-order valence-electron chi connectivity index (χ0n) is 9.37. The van der Waals surface area contributed by atoms with Crippen LogP contribution in [0.25, 0.3) is 0 Å². The van der Waals surface area contributed by atoms with Gasteiger partial charge >= 0.3 is 0 Å². The van der Waals surface area contributed by atoms with Crippen LogP contribution in [0.5, 0.6) is 0 Å². The fraction of sp³-hybridized carbons (Fsp3) is 0.556. The summed E-state index contributed by atoms with van der Waals surface area (Å²) in [5.41, 5.74) is 5.67. The Labute approximate surface area is 103 Å². The van der Waals surface area contributed by atoms with E-state index in [9.17, 15) is 4.79 Å². The lowest BCUT2D eigenvalue weighted by Crippen LogP contribution is -2.25. The lowest BCUT2D eigenvalue weighted by Gasteiger charge is -2.01. The first-order valence-corrected chi connectivity index (χ1v) is 7.17. The highest BCUT2D eigenvalue weighted by atomic mass is 32.2. The van der Waals surface area contributed by atoms with Crippen LogP contribution in [-0.2, 0) is 0 Å². The Bertz CT molecular complexity index is 353. The number of nitrogens with two attached hydrogens (primary N) is 1. The molecule has 1 rings (SSSR count). The van der Waals surface area contributed by atoms with Gasteiger partial charge in [-0.2, -0.15) is 11.8 Å². The van der Waals surface area contributed by atoms with E-state index < -0.39 is 0 Å². The number of nitrogen functional groups attached to an aromatic ring is 1. The zero-order chi connectivity index (χ0) is 12.0. The summed E-state index contributed by atoms with van der Waals surface area (Å²) in [5, 5.41) is 6.52. The Hall–Kier alpha value is -0.950. The molecule has 0 spiro atoms. The molecule has 0 unspecified atom stereocenters. The fourth-order valence-corrected chi connectivity index (χ4v) is 2.24. The Kier molecular flexibility index (Phi) is 5.41. The van der Waals surface area contributed by atoms with E-state index in [-0.39, 0.29) is 5.91 Å². The molecule has 1 aromatic rings. The minimum Gasteiger partial charge on any atom is -0.382 e. The maximum absolute atomic E-state index is 11.7.